The zero-order valence-electron chi connectivity index (χ0n) is 17.5. The minimum absolute atomic E-state index is 0.0839. The Kier molecular flexibility index (Phi) is 5.45. The van der Waals surface area contributed by atoms with E-state index in [1.807, 2.05) is 30.0 Å². The van der Waals surface area contributed by atoms with Gasteiger partial charge in [0.05, 0.1) is 18.6 Å². The van der Waals surface area contributed by atoms with Gasteiger partial charge in [-0.1, -0.05) is 6.07 Å². The fourth-order valence-corrected chi connectivity index (χ4v) is 5.65. The third-order valence-corrected chi connectivity index (χ3v) is 7.19. The molecule has 0 aliphatic carbocycles. The van der Waals surface area contributed by atoms with Crippen molar-refractivity contribution < 1.29 is 4.79 Å². The molecule has 0 unspecified atom stereocenters. The second kappa shape index (κ2) is 8.39. The molecule has 5 heterocycles. The molecule has 1 saturated heterocycles. The van der Waals surface area contributed by atoms with Gasteiger partial charge in [0.2, 0.25) is 5.91 Å². The van der Waals surface area contributed by atoms with E-state index in [-0.39, 0.29) is 23.3 Å². The lowest BCUT2D eigenvalue weighted by molar-refractivity contribution is -0.128. The van der Waals surface area contributed by atoms with Gasteiger partial charge in [-0.15, -0.1) is 11.3 Å². The van der Waals surface area contributed by atoms with E-state index in [1.54, 1.807) is 16.8 Å². The first-order chi connectivity index (χ1) is 15.1. The standard InChI is InChI=1S/C22H26N6O2S/c1-2-27-14-23-9-17(27)13-26-11-15-8-16(12-26)21(28-18(15)4-3-5-20(28)29)22(30)25-10-19-24-6-7-31-19/h3-7,9,14-16,21H,2,8,10-13H2,1H3,(H,25,30)/t15-,16+,21-/m1/s1. The largest absolute Gasteiger partial charge is 0.348 e. The fourth-order valence-electron chi connectivity index (χ4n) is 5.10. The lowest BCUT2D eigenvalue weighted by Gasteiger charge is -2.46. The van der Waals surface area contributed by atoms with Crippen LogP contribution in [0.1, 0.15) is 41.7 Å². The molecule has 0 aromatic carbocycles. The van der Waals surface area contributed by atoms with E-state index in [9.17, 15) is 9.59 Å². The minimum atomic E-state index is -0.501. The number of likely N-dealkylation sites (tertiary alicyclic amines) is 1. The van der Waals surface area contributed by atoms with Gasteiger partial charge in [-0.25, -0.2) is 9.97 Å². The van der Waals surface area contributed by atoms with Gasteiger partial charge in [0.25, 0.3) is 5.56 Å². The highest BCUT2D eigenvalue weighted by atomic mass is 32.1. The number of hydrogen-bond acceptors (Lipinski definition) is 6. The summed E-state index contributed by atoms with van der Waals surface area (Å²) >= 11 is 1.51. The molecule has 5 rings (SSSR count). The molecule has 2 aliphatic heterocycles. The number of nitrogens with one attached hydrogen (secondary N) is 1. The lowest BCUT2D eigenvalue weighted by atomic mass is 9.78. The number of rotatable bonds is 6. The highest BCUT2D eigenvalue weighted by molar-refractivity contribution is 7.09. The van der Waals surface area contributed by atoms with Crippen molar-refractivity contribution in [3.05, 3.63) is 69.0 Å². The highest BCUT2D eigenvalue weighted by Crippen LogP contribution is 2.41. The van der Waals surface area contributed by atoms with Gasteiger partial charge >= 0.3 is 0 Å². The molecule has 9 heteroatoms. The third-order valence-electron chi connectivity index (χ3n) is 6.41. The second-order valence-corrected chi connectivity index (χ2v) is 9.28. The van der Waals surface area contributed by atoms with Crippen molar-refractivity contribution in [2.45, 2.75) is 44.9 Å². The molecule has 1 fully saturated rings. The number of pyridine rings is 1. The SMILES string of the molecule is CCn1cncc1CN1C[C@H]2C[C@@H](C1)[C@H](C(=O)NCc1nccs1)n1c2cccc1=O. The van der Waals surface area contributed by atoms with E-state index in [1.165, 1.54) is 17.0 Å². The van der Waals surface area contributed by atoms with Crippen LogP contribution in [0.2, 0.25) is 0 Å². The number of nitrogens with zero attached hydrogens (tertiary/aromatic N) is 5. The molecule has 1 amide bonds. The van der Waals surface area contributed by atoms with Gasteiger partial charge in [0.15, 0.2) is 0 Å². The minimum Gasteiger partial charge on any atom is -0.348 e. The summed E-state index contributed by atoms with van der Waals surface area (Å²) in [4.78, 5) is 37.1. The summed E-state index contributed by atoms with van der Waals surface area (Å²) in [5.74, 6) is 0.225. The Morgan fingerprint density at radius 2 is 2.23 bits per heavy atom. The summed E-state index contributed by atoms with van der Waals surface area (Å²) in [6.07, 6.45) is 6.44. The van der Waals surface area contributed by atoms with E-state index >= 15 is 0 Å². The maximum atomic E-state index is 13.3. The van der Waals surface area contributed by atoms with Crippen LogP contribution in [0.5, 0.6) is 0 Å². The van der Waals surface area contributed by atoms with Crippen molar-refractivity contribution in [2.24, 2.45) is 5.92 Å². The number of imidazole rings is 1. The van der Waals surface area contributed by atoms with Gasteiger partial charge in [0, 0.05) is 67.5 Å². The Morgan fingerprint density at radius 1 is 1.32 bits per heavy atom. The van der Waals surface area contributed by atoms with Gasteiger partial charge in [-0.2, -0.15) is 0 Å². The summed E-state index contributed by atoms with van der Waals surface area (Å²) in [7, 11) is 0. The maximum Gasteiger partial charge on any atom is 0.251 e. The van der Waals surface area contributed by atoms with Gasteiger partial charge in [0.1, 0.15) is 11.0 Å². The summed E-state index contributed by atoms with van der Waals surface area (Å²) in [5, 5.41) is 5.78. The first-order valence-electron chi connectivity index (χ1n) is 10.7. The normalized spacial score (nSPS) is 22.8. The molecule has 3 aromatic heterocycles. The monoisotopic (exact) mass is 438 g/mol. The van der Waals surface area contributed by atoms with Crippen LogP contribution in [0, 0.1) is 5.92 Å². The Balaban J connectivity index is 1.43. The Bertz CT molecular complexity index is 1120. The number of hydrogen-bond donors (Lipinski definition) is 1. The molecule has 31 heavy (non-hydrogen) atoms. The Morgan fingerprint density at radius 3 is 3.03 bits per heavy atom. The van der Waals surface area contributed by atoms with E-state index in [0.29, 0.717) is 6.54 Å². The topological polar surface area (TPSA) is 85.1 Å². The van der Waals surface area contributed by atoms with E-state index in [4.69, 9.17) is 0 Å². The predicted molar refractivity (Wildman–Crippen MR) is 118 cm³/mol. The maximum absolute atomic E-state index is 13.3. The lowest BCUT2D eigenvalue weighted by Crippen LogP contribution is -2.53. The molecular formula is C22H26N6O2S. The van der Waals surface area contributed by atoms with Crippen LogP contribution in [0.4, 0.5) is 0 Å². The number of piperidine rings is 1. The van der Waals surface area contributed by atoms with E-state index in [2.05, 4.69) is 31.7 Å². The van der Waals surface area contributed by atoms with Crippen LogP contribution in [-0.2, 0) is 24.4 Å². The molecule has 0 saturated carbocycles. The number of amides is 1. The van der Waals surface area contributed by atoms with Crippen molar-refractivity contribution in [2.75, 3.05) is 13.1 Å². The average Bonchev–Trinajstić information content (AvgIpc) is 3.44. The zero-order valence-corrected chi connectivity index (χ0v) is 18.3. The first kappa shape index (κ1) is 20.1. The van der Waals surface area contributed by atoms with Crippen molar-refractivity contribution in [1.29, 1.82) is 0 Å². The van der Waals surface area contributed by atoms with Crippen LogP contribution >= 0.6 is 11.3 Å². The van der Waals surface area contributed by atoms with Crippen molar-refractivity contribution in [1.82, 2.24) is 29.3 Å². The average molecular weight is 439 g/mol. The summed E-state index contributed by atoms with van der Waals surface area (Å²) < 4.78 is 3.89. The molecule has 0 radical (unpaired) electrons. The van der Waals surface area contributed by atoms with E-state index in [0.717, 1.165) is 43.3 Å². The Hall–Kier alpha value is -2.78. The van der Waals surface area contributed by atoms with Crippen molar-refractivity contribution >= 4 is 17.2 Å². The van der Waals surface area contributed by atoms with Gasteiger partial charge in [-0.3, -0.25) is 19.1 Å². The smallest absolute Gasteiger partial charge is 0.251 e. The summed E-state index contributed by atoms with van der Waals surface area (Å²) in [5.41, 5.74) is 2.05. The van der Waals surface area contributed by atoms with E-state index < -0.39 is 6.04 Å². The quantitative estimate of drug-likeness (QED) is 0.636. The molecule has 2 aliphatic rings. The van der Waals surface area contributed by atoms with Crippen LogP contribution < -0.4 is 10.9 Å². The highest BCUT2D eigenvalue weighted by Gasteiger charge is 2.43. The van der Waals surface area contributed by atoms with Crippen molar-refractivity contribution in [3.63, 3.8) is 0 Å². The van der Waals surface area contributed by atoms with Crippen molar-refractivity contribution in [3.8, 4) is 0 Å². The second-order valence-electron chi connectivity index (χ2n) is 8.31. The van der Waals surface area contributed by atoms with Crippen LogP contribution in [0.25, 0.3) is 0 Å². The number of carbonyl (C=O) groups excluding carboxylic acids is 1. The van der Waals surface area contributed by atoms with Crippen LogP contribution in [-0.4, -0.2) is 43.0 Å². The molecule has 1 N–H and O–H groups in total. The molecular weight excluding hydrogens is 412 g/mol. The summed E-state index contributed by atoms with van der Waals surface area (Å²) in [6, 6.07) is 4.87. The predicted octanol–water partition coefficient (Wildman–Crippen LogP) is 2.00. The van der Waals surface area contributed by atoms with Crippen LogP contribution in [0.15, 0.2) is 47.1 Å². The zero-order chi connectivity index (χ0) is 21.4. The molecule has 8 nitrogen and oxygen atoms in total. The third kappa shape index (κ3) is 3.83. The molecule has 2 bridgehead atoms. The number of aryl methyl sites for hydroxylation is 1. The van der Waals surface area contributed by atoms with Crippen LogP contribution in [0.3, 0.4) is 0 Å². The molecule has 0 spiro atoms. The van der Waals surface area contributed by atoms with Gasteiger partial charge < -0.3 is 9.88 Å². The molecule has 3 aromatic rings. The summed E-state index contributed by atoms with van der Waals surface area (Å²) in [6.45, 7) is 5.84. The first-order valence-corrected chi connectivity index (χ1v) is 11.6. The molecule has 3 atom stereocenters. The Labute approximate surface area is 184 Å². The number of thiazole rings is 1. The van der Waals surface area contributed by atoms with Gasteiger partial charge in [-0.05, 0) is 19.4 Å². The molecule has 162 valence electrons. The fraction of sp³-hybridized carbons (Fsp3) is 0.455. The number of fused-ring (bicyclic) bond motifs is 4. The number of aromatic nitrogens is 4. The number of carbonyl (C=O) groups is 1.